The molecule has 0 aliphatic carbocycles. The number of carbonyl (C=O) groups excluding carboxylic acids is 2. The van der Waals surface area contributed by atoms with Crippen LogP contribution in [-0.4, -0.2) is 25.2 Å². The van der Waals surface area contributed by atoms with E-state index in [-0.39, 0.29) is 17.9 Å². The summed E-state index contributed by atoms with van der Waals surface area (Å²) in [6.45, 7) is 10.6. The molecule has 0 saturated carbocycles. The Hall–Kier alpha value is -1.32. The van der Waals surface area contributed by atoms with Gasteiger partial charge in [0.05, 0.1) is 18.8 Å². The molecule has 0 spiro atoms. The first-order valence-corrected chi connectivity index (χ1v) is 9.06. The van der Waals surface area contributed by atoms with Crippen LogP contribution in [0.1, 0.15) is 79.6 Å². The summed E-state index contributed by atoms with van der Waals surface area (Å²) in [5.41, 5.74) is 0.988. The van der Waals surface area contributed by atoms with Crippen LogP contribution in [0, 0.1) is 5.92 Å². The Balaban J connectivity index is 5.30. The largest absolute Gasteiger partial charge is 0.462 e. The van der Waals surface area contributed by atoms with Crippen LogP contribution in [0.2, 0.25) is 0 Å². The molecule has 4 heteroatoms. The van der Waals surface area contributed by atoms with Crippen molar-refractivity contribution in [2.24, 2.45) is 5.92 Å². The summed E-state index contributed by atoms with van der Waals surface area (Å²) in [5.74, 6) is -0.795. The zero-order valence-electron chi connectivity index (χ0n) is 15.6. The molecule has 0 aliphatic heterocycles. The lowest BCUT2D eigenvalue weighted by molar-refractivity contribution is -0.143. The molecule has 0 fully saturated rings. The predicted molar refractivity (Wildman–Crippen MR) is 93.1 cm³/mol. The number of unbranched alkanes of at least 4 members (excludes halogenated alkanes) is 3. The number of rotatable bonds is 12. The van der Waals surface area contributed by atoms with Crippen LogP contribution in [0.15, 0.2) is 11.1 Å². The number of hydrogen-bond acceptors (Lipinski definition) is 4. The minimum Gasteiger partial charge on any atom is -0.462 e. The van der Waals surface area contributed by atoms with E-state index >= 15 is 0 Å². The van der Waals surface area contributed by atoms with E-state index in [1.807, 2.05) is 27.7 Å². The maximum atomic E-state index is 12.4. The molecular formula is C19H34O4. The van der Waals surface area contributed by atoms with Gasteiger partial charge in [-0.05, 0) is 31.6 Å². The fourth-order valence-electron chi connectivity index (χ4n) is 2.34. The van der Waals surface area contributed by atoms with Gasteiger partial charge in [0, 0.05) is 5.57 Å². The third kappa shape index (κ3) is 8.77. The van der Waals surface area contributed by atoms with Crippen molar-refractivity contribution in [1.82, 2.24) is 0 Å². The summed E-state index contributed by atoms with van der Waals surface area (Å²) in [5, 5.41) is 0. The molecule has 0 unspecified atom stereocenters. The highest BCUT2D eigenvalue weighted by Crippen LogP contribution is 2.23. The van der Waals surface area contributed by atoms with Crippen LogP contribution in [0.25, 0.3) is 0 Å². The molecule has 0 saturated heterocycles. The fraction of sp³-hybridized carbons (Fsp3) is 0.789. The SMILES string of the molecule is CCCCCC/C(C(=O)OCCC)=C(/C(=O)OCCC)C(C)C. The van der Waals surface area contributed by atoms with Gasteiger partial charge in [-0.1, -0.05) is 53.9 Å². The Kier molecular flexibility index (Phi) is 12.4. The first-order chi connectivity index (χ1) is 11.0. The van der Waals surface area contributed by atoms with E-state index in [9.17, 15) is 9.59 Å². The highest BCUT2D eigenvalue weighted by atomic mass is 16.5. The van der Waals surface area contributed by atoms with Crippen molar-refractivity contribution >= 4 is 11.9 Å². The second-order valence-electron chi connectivity index (χ2n) is 6.13. The van der Waals surface area contributed by atoms with Gasteiger partial charge in [-0.3, -0.25) is 0 Å². The minimum absolute atomic E-state index is 0.0605. The topological polar surface area (TPSA) is 52.6 Å². The van der Waals surface area contributed by atoms with E-state index in [4.69, 9.17) is 9.47 Å². The molecule has 0 atom stereocenters. The summed E-state index contributed by atoms with van der Waals surface area (Å²) in [7, 11) is 0. The van der Waals surface area contributed by atoms with E-state index in [2.05, 4.69) is 6.92 Å². The Morgan fingerprint density at radius 2 is 1.35 bits per heavy atom. The van der Waals surface area contributed by atoms with Crippen LogP contribution in [0.4, 0.5) is 0 Å². The Labute approximate surface area is 141 Å². The molecule has 0 N–H and O–H groups in total. The van der Waals surface area contributed by atoms with E-state index in [0.717, 1.165) is 38.5 Å². The quantitative estimate of drug-likeness (QED) is 0.293. The predicted octanol–water partition coefficient (Wildman–Crippen LogP) is 4.82. The van der Waals surface area contributed by atoms with Crippen molar-refractivity contribution in [3.8, 4) is 0 Å². The highest BCUT2D eigenvalue weighted by Gasteiger charge is 2.25. The molecule has 0 aromatic rings. The lowest BCUT2D eigenvalue weighted by Crippen LogP contribution is -2.20. The molecule has 0 aromatic heterocycles. The third-order valence-corrected chi connectivity index (χ3v) is 3.52. The highest BCUT2D eigenvalue weighted by molar-refractivity contribution is 6.00. The molecule has 0 rings (SSSR count). The van der Waals surface area contributed by atoms with Gasteiger partial charge in [-0.25, -0.2) is 9.59 Å². The van der Waals surface area contributed by atoms with E-state index < -0.39 is 0 Å². The number of ether oxygens (including phenoxy) is 2. The summed E-state index contributed by atoms with van der Waals surface area (Å²) in [4.78, 5) is 24.8. The Morgan fingerprint density at radius 3 is 1.83 bits per heavy atom. The Bertz CT molecular complexity index is 383. The fourth-order valence-corrected chi connectivity index (χ4v) is 2.34. The number of esters is 2. The Morgan fingerprint density at radius 1 is 0.783 bits per heavy atom. The van der Waals surface area contributed by atoms with Gasteiger partial charge in [0.2, 0.25) is 0 Å². The van der Waals surface area contributed by atoms with Crippen LogP contribution in [0.3, 0.4) is 0 Å². The van der Waals surface area contributed by atoms with Crippen molar-refractivity contribution in [3.05, 3.63) is 11.1 Å². The van der Waals surface area contributed by atoms with Gasteiger partial charge in [-0.15, -0.1) is 0 Å². The van der Waals surface area contributed by atoms with Crippen molar-refractivity contribution < 1.29 is 19.1 Å². The summed E-state index contributed by atoms with van der Waals surface area (Å²) < 4.78 is 10.6. The molecule has 4 nitrogen and oxygen atoms in total. The third-order valence-electron chi connectivity index (χ3n) is 3.52. The summed E-state index contributed by atoms with van der Waals surface area (Å²) in [6.07, 6.45) is 6.33. The van der Waals surface area contributed by atoms with Crippen LogP contribution in [-0.2, 0) is 19.1 Å². The molecule has 0 radical (unpaired) electrons. The second kappa shape index (κ2) is 13.1. The van der Waals surface area contributed by atoms with Crippen molar-refractivity contribution in [3.63, 3.8) is 0 Å². The van der Waals surface area contributed by atoms with Gasteiger partial charge in [0.25, 0.3) is 0 Å². The van der Waals surface area contributed by atoms with E-state index in [0.29, 0.717) is 30.8 Å². The lowest BCUT2D eigenvalue weighted by Gasteiger charge is -2.17. The van der Waals surface area contributed by atoms with Gasteiger partial charge in [0.15, 0.2) is 0 Å². The maximum absolute atomic E-state index is 12.4. The average molecular weight is 326 g/mol. The molecule has 23 heavy (non-hydrogen) atoms. The number of hydrogen-bond donors (Lipinski definition) is 0. The molecule has 0 aliphatic rings. The van der Waals surface area contributed by atoms with Crippen molar-refractivity contribution in [2.45, 2.75) is 79.6 Å². The minimum atomic E-state index is -0.374. The zero-order chi connectivity index (χ0) is 17.7. The first-order valence-electron chi connectivity index (χ1n) is 9.06. The maximum Gasteiger partial charge on any atom is 0.334 e. The van der Waals surface area contributed by atoms with Crippen LogP contribution >= 0.6 is 0 Å². The summed E-state index contributed by atoms with van der Waals surface area (Å²) in [6, 6.07) is 0. The van der Waals surface area contributed by atoms with Crippen molar-refractivity contribution in [2.75, 3.05) is 13.2 Å². The molecular weight excluding hydrogens is 292 g/mol. The van der Waals surface area contributed by atoms with Crippen LogP contribution < -0.4 is 0 Å². The number of carbonyl (C=O) groups is 2. The zero-order valence-corrected chi connectivity index (χ0v) is 15.6. The molecule has 0 aromatic carbocycles. The normalized spacial score (nSPS) is 12.1. The lowest BCUT2D eigenvalue weighted by atomic mass is 9.93. The van der Waals surface area contributed by atoms with E-state index in [1.165, 1.54) is 0 Å². The molecule has 0 heterocycles. The summed E-state index contributed by atoms with van der Waals surface area (Å²) >= 11 is 0. The van der Waals surface area contributed by atoms with Gasteiger partial charge in [0.1, 0.15) is 0 Å². The second-order valence-corrected chi connectivity index (χ2v) is 6.13. The van der Waals surface area contributed by atoms with Gasteiger partial charge in [-0.2, -0.15) is 0 Å². The molecule has 0 amide bonds. The van der Waals surface area contributed by atoms with Crippen LogP contribution in [0.5, 0.6) is 0 Å². The molecule has 0 bridgehead atoms. The van der Waals surface area contributed by atoms with Crippen molar-refractivity contribution in [1.29, 1.82) is 0 Å². The van der Waals surface area contributed by atoms with Gasteiger partial charge < -0.3 is 9.47 Å². The first kappa shape index (κ1) is 21.7. The monoisotopic (exact) mass is 326 g/mol. The molecule has 134 valence electrons. The smallest absolute Gasteiger partial charge is 0.334 e. The van der Waals surface area contributed by atoms with E-state index in [1.54, 1.807) is 0 Å². The van der Waals surface area contributed by atoms with Gasteiger partial charge >= 0.3 is 11.9 Å². The standard InChI is InChI=1S/C19H34O4/c1-6-9-10-11-12-16(18(20)22-13-7-2)17(15(4)5)19(21)23-14-8-3/h15H,6-14H2,1-5H3/b17-16-. The average Bonchev–Trinajstić information content (AvgIpc) is 2.52.